The Balaban J connectivity index is 1.75. The fraction of sp³-hybridized carbons (Fsp3) is 0.500. The van der Waals surface area contributed by atoms with Gasteiger partial charge in [0, 0.05) is 6.54 Å². The molecule has 1 aromatic carbocycles. The molecule has 8 nitrogen and oxygen atoms in total. The van der Waals surface area contributed by atoms with Crippen molar-refractivity contribution in [2.45, 2.75) is 50.0 Å². The number of carbonyl (C=O) groups excluding carboxylic acids is 3. The van der Waals surface area contributed by atoms with Gasteiger partial charge in [-0.15, -0.1) is 13.2 Å². The topological polar surface area (TPSA) is 96.4 Å². The van der Waals surface area contributed by atoms with E-state index in [1.165, 1.54) is 9.80 Å². The largest absolute Gasteiger partial charge is 0.465 e. The zero-order chi connectivity index (χ0) is 25.3. The lowest BCUT2D eigenvalue weighted by atomic mass is 9.70. The van der Waals surface area contributed by atoms with Crippen molar-refractivity contribution in [3.8, 4) is 0 Å². The number of esters is 1. The monoisotopic (exact) mass is 502 g/mol. The van der Waals surface area contributed by atoms with Gasteiger partial charge in [0.2, 0.25) is 5.91 Å². The SMILES string of the molecule is C=CCCOC(=O)[C@@H]1[C@@H]2CCC3(O2)C(C(=O)N(CC=C)c2ccccc2Cl)N([C@H](C)CO)C(=O)[C@H]13. The summed E-state index contributed by atoms with van der Waals surface area (Å²) in [5.74, 6) is -2.95. The third-order valence-electron chi connectivity index (χ3n) is 7.27. The minimum Gasteiger partial charge on any atom is -0.465 e. The zero-order valence-corrected chi connectivity index (χ0v) is 20.5. The van der Waals surface area contributed by atoms with E-state index in [0.717, 1.165) is 0 Å². The summed E-state index contributed by atoms with van der Waals surface area (Å²) in [6, 6.07) is 5.25. The Kier molecular flexibility index (Phi) is 7.35. The van der Waals surface area contributed by atoms with Crippen LogP contribution in [0.3, 0.4) is 0 Å². The molecule has 1 spiro atoms. The third kappa shape index (κ3) is 4.07. The van der Waals surface area contributed by atoms with Crippen LogP contribution in [0.2, 0.25) is 5.02 Å². The smallest absolute Gasteiger partial charge is 0.312 e. The number of para-hydroxylation sites is 1. The van der Waals surface area contributed by atoms with Crippen LogP contribution in [0.25, 0.3) is 0 Å². The minimum absolute atomic E-state index is 0.159. The summed E-state index contributed by atoms with van der Waals surface area (Å²) in [6.45, 7) is 9.06. The number of likely N-dealkylation sites (tertiary alicyclic amines) is 1. The number of aliphatic hydroxyl groups excluding tert-OH is 1. The van der Waals surface area contributed by atoms with E-state index < -0.39 is 47.5 Å². The van der Waals surface area contributed by atoms with Crippen LogP contribution in [-0.4, -0.2) is 71.3 Å². The fourth-order valence-corrected chi connectivity index (χ4v) is 6.03. The van der Waals surface area contributed by atoms with Crippen LogP contribution < -0.4 is 4.90 Å². The Morgan fingerprint density at radius 2 is 2.11 bits per heavy atom. The van der Waals surface area contributed by atoms with Crippen molar-refractivity contribution in [3.63, 3.8) is 0 Å². The van der Waals surface area contributed by atoms with Crippen LogP contribution in [0, 0.1) is 11.8 Å². The summed E-state index contributed by atoms with van der Waals surface area (Å²) in [7, 11) is 0. The second-order valence-electron chi connectivity index (χ2n) is 9.27. The Bertz CT molecular complexity index is 1030. The van der Waals surface area contributed by atoms with Crippen molar-refractivity contribution in [3.05, 3.63) is 54.6 Å². The van der Waals surface area contributed by atoms with Gasteiger partial charge in [0.25, 0.3) is 5.91 Å². The highest BCUT2D eigenvalue weighted by Crippen LogP contribution is 2.59. The number of halogens is 1. The molecule has 0 aliphatic carbocycles. The van der Waals surface area contributed by atoms with Gasteiger partial charge in [0.1, 0.15) is 11.6 Å². The summed E-state index contributed by atoms with van der Waals surface area (Å²) in [4.78, 5) is 43.9. The number of hydrogen-bond donors (Lipinski definition) is 1. The maximum atomic E-state index is 14.2. The maximum absolute atomic E-state index is 14.2. The van der Waals surface area contributed by atoms with E-state index in [1.807, 2.05) is 0 Å². The van der Waals surface area contributed by atoms with Crippen LogP contribution in [0.4, 0.5) is 5.69 Å². The molecule has 6 atom stereocenters. The van der Waals surface area contributed by atoms with E-state index in [9.17, 15) is 19.5 Å². The highest BCUT2D eigenvalue weighted by atomic mass is 35.5. The lowest BCUT2D eigenvalue weighted by molar-refractivity contribution is -0.155. The fourth-order valence-electron chi connectivity index (χ4n) is 5.79. The van der Waals surface area contributed by atoms with E-state index in [4.69, 9.17) is 21.1 Å². The summed E-state index contributed by atoms with van der Waals surface area (Å²) in [6.07, 6.45) is 4.20. The second kappa shape index (κ2) is 10.1. The van der Waals surface area contributed by atoms with E-state index in [1.54, 1.807) is 43.3 Å². The molecule has 0 saturated carbocycles. The van der Waals surface area contributed by atoms with Gasteiger partial charge in [-0.3, -0.25) is 14.4 Å². The molecule has 4 rings (SSSR count). The van der Waals surface area contributed by atoms with Crippen LogP contribution in [-0.2, 0) is 23.9 Å². The van der Waals surface area contributed by atoms with Gasteiger partial charge in [0.05, 0.1) is 47.9 Å². The number of anilines is 1. The highest BCUT2D eigenvalue weighted by molar-refractivity contribution is 6.34. The first-order valence-electron chi connectivity index (χ1n) is 11.9. The van der Waals surface area contributed by atoms with Gasteiger partial charge in [-0.05, 0) is 38.3 Å². The van der Waals surface area contributed by atoms with E-state index >= 15 is 0 Å². The first-order chi connectivity index (χ1) is 16.8. The Morgan fingerprint density at radius 1 is 1.37 bits per heavy atom. The summed E-state index contributed by atoms with van der Waals surface area (Å²) < 4.78 is 11.8. The summed E-state index contributed by atoms with van der Waals surface area (Å²) >= 11 is 6.43. The molecule has 0 aromatic heterocycles. The number of nitrogens with zero attached hydrogens (tertiary/aromatic N) is 2. The molecule has 35 heavy (non-hydrogen) atoms. The molecule has 9 heteroatoms. The molecule has 1 N–H and O–H groups in total. The van der Waals surface area contributed by atoms with Crippen LogP contribution in [0.15, 0.2) is 49.6 Å². The maximum Gasteiger partial charge on any atom is 0.312 e. The quantitative estimate of drug-likeness (QED) is 0.300. The van der Waals surface area contributed by atoms with E-state index in [0.29, 0.717) is 30.0 Å². The van der Waals surface area contributed by atoms with Gasteiger partial charge >= 0.3 is 5.97 Å². The molecule has 1 aromatic rings. The number of rotatable bonds is 10. The Morgan fingerprint density at radius 3 is 2.77 bits per heavy atom. The van der Waals surface area contributed by atoms with Crippen molar-refractivity contribution < 1.29 is 29.0 Å². The zero-order valence-electron chi connectivity index (χ0n) is 19.8. The lowest BCUT2D eigenvalue weighted by Gasteiger charge is -2.38. The number of fused-ring (bicyclic) bond motifs is 1. The first kappa shape index (κ1) is 25.4. The molecule has 3 fully saturated rings. The van der Waals surface area contributed by atoms with Gasteiger partial charge in [-0.1, -0.05) is 35.9 Å². The van der Waals surface area contributed by atoms with Gasteiger partial charge in [-0.2, -0.15) is 0 Å². The van der Waals surface area contributed by atoms with E-state index in [2.05, 4.69) is 13.2 Å². The molecular weight excluding hydrogens is 472 g/mol. The molecule has 2 amide bonds. The number of aliphatic hydroxyl groups is 1. The highest BCUT2D eigenvalue weighted by Gasteiger charge is 2.75. The van der Waals surface area contributed by atoms with Crippen molar-refractivity contribution in [1.29, 1.82) is 0 Å². The third-order valence-corrected chi connectivity index (χ3v) is 7.59. The molecule has 2 bridgehead atoms. The minimum atomic E-state index is -1.19. The van der Waals surface area contributed by atoms with Crippen molar-refractivity contribution >= 4 is 35.1 Å². The molecule has 3 aliphatic heterocycles. The lowest BCUT2D eigenvalue weighted by Crippen LogP contribution is -2.58. The molecule has 3 saturated heterocycles. The predicted molar refractivity (Wildman–Crippen MR) is 131 cm³/mol. The molecule has 0 radical (unpaired) electrons. The average molecular weight is 503 g/mol. The Hall–Kier alpha value is -2.68. The number of carbonyl (C=O) groups is 3. The Labute approximate surface area is 210 Å². The van der Waals surface area contributed by atoms with Gasteiger partial charge < -0.3 is 24.4 Å². The number of benzene rings is 1. The summed E-state index contributed by atoms with van der Waals surface area (Å²) in [5, 5.41) is 10.3. The van der Waals surface area contributed by atoms with Crippen molar-refractivity contribution in [2.24, 2.45) is 11.8 Å². The standard InChI is InChI=1S/C26H31ClN2O6/c1-4-6-14-34-25(33)20-19-11-12-26(35-19)21(20)23(31)29(16(3)15-30)22(26)24(32)28(13-5-2)18-10-8-7-9-17(18)27/h4-5,7-10,16,19-22,30H,1-2,6,11-15H2,3H3/t16-,19+,20-,21+,22?,26?/m1/s1. The van der Waals surface area contributed by atoms with Crippen molar-refractivity contribution in [2.75, 3.05) is 24.7 Å². The molecule has 188 valence electrons. The first-order valence-corrected chi connectivity index (χ1v) is 12.2. The molecular formula is C26H31ClN2O6. The van der Waals surface area contributed by atoms with Crippen LogP contribution in [0.5, 0.6) is 0 Å². The summed E-state index contributed by atoms with van der Waals surface area (Å²) in [5.41, 5.74) is -0.707. The van der Waals surface area contributed by atoms with Gasteiger partial charge in [-0.25, -0.2) is 0 Å². The second-order valence-corrected chi connectivity index (χ2v) is 9.67. The number of ether oxygens (including phenoxy) is 2. The van der Waals surface area contributed by atoms with Crippen LogP contribution in [0.1, 0.15) is 26.2 Å². The molecule has 3 heterocycles. The van der Waals surface area contributed by atoms with Crippen molar-refractivity contribution in [1.82, 2.24) is 4.90 Å². The average Bonchev–Trinajstić information content (AvgIpc) is 3.49. The normalized spacial score (nSPS) is 29.6. The molecule has 3 aliphatic rings. The van der Waals surface area contributed by atoms with Crippen LogP contribution >= 0.6 is 11.6 Å². The van der Waals surface area contributed by atoms with Gasteiger partial charge in [0.15, 0.2) is 0 Å². The van der Waals surface area contributed by atoms with E-state index in [-0.39, 0.29) is 25.7 Å². The predicted octanol–water partition coefficient (Wildman–Crippen LogP) is 2.73. The number of hydrogen-bond acceptors (Lipinski definition) is 6. The number of amides is 2. The molecule has 2 unspecified atom stereocenters.